The Labute approximate surface area is 142 Å². The van der Waals surface area contributed by atoms with Gasteiger partial charge >= 0.3 is 0 Å². The molecular formula is C14H9BrFIN2S. The van der Waals surface area contributed by atoms with Crippen LogP contribution in [0.15, 0.2) is 34.8 Å². The number of aromatic amines is 1. The number of H-pyrrole nitrogens is 1. The summed E-state index contributed by atoms with van der Waals surface area (Å²) < 4.78 is 17.7. The minimum atomic E-state index is -0.246. The van der Waals surface area contributed by atoms with Crippen LogP contribution in [-0.4, -0.2) is 9.55 Å². The summed E-state index contributed by atoms with van der Waals surface area (Å²) in [4.78, 5) is 3.13. The zero-order valence-corrected chi connectivity index (χ0v) is 14.9. The van der Waals surface area contributed by atoms with Crippen LogP contribution < -0.4 is 0 Å². The first-order valence-electron chi connectivity index (χ1n) is 5.83. The Balaban J connectivity index is 2.42. The Bertz CT molecular complexity index is 885. The van der Waals surface area contributed by atoms with E-state index < -0.39 is 0 Å². The maximum Gasteiger partial charge on any atom is 0.182 e. The predicted molar refractivity (Wildman–Crippen MR) is 93.6 cm³/mol. The SMILES string of the molecule is Cc1ccc(Br)c(-n2c(=S)[nH]c3cc(I)c(F)cc32)c1. The molecule has 20 heavy (non-hydrogen) atoms. The predicted octanol–water partition coefficient (Wildman–Crippen LogP) is 5.50. The van der Waals surface area contributed by atoms with Gasteiger partial charge < -0.3 is 4.98 Å². The van der Waals surface area contributed by atoms with E-state index in [4.69, 9.17) is 12.2 Å². The molecule has 3 rings (SSSR count). The minimum absolute atomic E-state index is 0.246. The van der Waals surface area contributed by atoms with E-state index >= 15 is 0 Å². The van der Waals surface area contributed by atoms with Crippen LogP contribution in [0.2, 0.25) is 0 Å². The van der Waals surface area contributed by atoms with Crippen molar-refractivity contribution in [3.8, 4) is 5.69 Å². The van der Waals surface area contributed by atoms with Crippen LogP contribution in [0, 0.1) is 21.1 Å². The van der Waals surface area contributed by atoms with Gasteiger partial charge in [0.25, 0.3) is 0 Å². The van der Waals surface area contributed by atoms with Crippen LogP contribution in [0.4, 0.5) is 4.39 Å². The Morgan fingerprint density at radius 3 is 2.80 bits per heavy atom. The lowest BCUT2D eigenvalue weighted by Crippen LogP contribution is -1.96. The van der Waals surface area contributed by atoms with E-state index in [1.54, 1.807) is 6.07 Å². The summed E-state index contributed by atoms with van der Waals surface area (Å²) in [7, 11) is 0. The average molecular weight is 463 g/mol. The molecule has 0 saturated carbocycles. The molecular weight excluding hydrogens is 454 g/mol. The second-order valence-corrected chi connectivity index (χ2v) is 6.91. The number of hydrogen-bond acceptors (Lipinski definition) is 1. The van der Waals surface area contributed by atoms with Crippen LogP contribution in [0.5, 0.6) is 0 Å². The fraction of sp³-hybridized carbons (Fsp3) is 0.0714. The van der Waals surface area contributed by atoms with Crippen LogP contribution >= 0.6 is 50.7 Å². The van der Waals surface area contributed by atoms with Crippen molar-refractivity contribution in [1.29, 1.82) is 0 Å². The summed E-state index contributed by atoms with van der Waals surface area (Å²) in [6.45, 7) is 2.01. The first-order chi connectivity index (χ1) is 9.47. The summed E-state index contributed by atoms with van der Waals surface area (Å²) in [6, 6.07) is 9.27. The number of fused-ring (bicyclic) bond motifs is 1. The van der Waals surface area contributed by atoms with Crippen molar-refractivity contribution < 1.29 is 4.39 Å². The van der Waals surface area contributed by atoms with Crippen molar-refractivity contribution >= 4 is 61.8 Å². The fourth-order valence-electron chi connectivity index (χ4n) is 2.14. The highest BCUT2D eigenvalue weighted by Crippen LogP contribution is 2.28. The summed E-state index contributed by atoms with van der Waals surface area (Å²) in [6.07, 6.45) is 0. The van der Waals surface area contributed by atoms with Crippen molar-refractivity contribution in [3.63, 3.8) is 0 Å². The molecule has 0 aliphatic rings. The summed E-state index contributed by atoms with van der Waals surface area (Å²) in [5.74, 6) is -0.246. The molecule has 0 aliphatic heterocycles. The standard InChI is InChI=1S/C14H9BrFIN2S/c1-7-2-3-8(15)12(4-7)19-13-5-9(16)10(17)6-11(13)18-14(19)20/h2-6H,1H3,(H,18,20). The molecule has 3 aromatic rings. The lowest BCUT2D eigenvalue weighted by Gasteiger charge is -2.08. The van der Waals surface area contributed by atoms with E-state index in [0.717, 1.165) is 26.8 Å². The van der Waals surface area contributed by atoms with E-state index in [1.165, 1.54) is 6.07 Å². The van der Waals surface area contributed by atoms with E-state index in [2.05, 4.69) is 20.9 Å². The molecule has 0 atom stereocenters. The quantitative estimate of drug-likeness (QED) is 0.374. The number of imidazole rings is 1. The van der Waals surface area contributed by atoms with Crippen LogP contribution in [0.25, 0.3) is 16.7 Å². The Morgan fingerprint density at radius 1 is 1.30 bits per heavy atom. The lowest BCUT2D eigenvalue weighted by atomic mass is 10.2. The normalized spacial score (nSPS) is 11.2. The first kappa shape index (κ1) is 14.2. The van der Waals surface area contributed by atoms with Gasteiger partial charge in [0.05, 0.1) is 20.3 Å². The van der Waals surface area contributed by atoms with Gasteiger partial charge in [-0.05, 0) is 81.4 Å². The van der Waals surface area contributed by atoms with Crippen LogP contribution in [0.3, 0.4) is 0 Å². The maximum atomic E-state index is 13.9. The number of nitrogens with one attached hydrogen (secondary N) is 1. The third-order valence-corrected chi connectivity index (χ3v) is 4.85. The average Bonchev–Trinajstić information content (AvgIpc) is 2.69. The number of hydrogen-bond donors (Lipinski definition) is 1. The Kier molecular flexibility index (Phi) is 3.72. The second kappa shape index (κ2) is 5.23. The number of rotatable bonds is 1. The molecule has 6 heteroatoms. The van der Waals surface area contributed by atoms with Gasteiger partial charge in [-0.25, -0.2) is 4.39 Å². The lowest BCUT2D eigenvalue weighted by molar-refractivity contribution is 0.622. The molecule has 0 spiro atoms. The van der Waals surface area contributed by atoms with E-state index in [9.17, 15) is 4.39 Å². The van der Waals surface area contributed by atoms with Crippen LogP contribution in [0.1, 0.15) is 5.56 Å². The van der Waals surface area contributed by atoms with Crippen molar-refractivity contribution in [2.45, 2.75) is 6.92 Å². The number of aromatic nitrogens is 2. The van der Waals surface area contributed by atoms with Crippen molar-refractivity contribution in [1.82, 2.24) is 9.55 Å². The molecule has 0 aliphatic carbocycles. The van der Waals surface area contributed by atoms with E-state index in [0.29, 0.717) is 8.34 Å². The number of halogens is 3. The third kappa shape index (κ3) is 2.33. The zero-order valence-electron chi connectivity index (χ0n) is 10.4. The van der Waals surface area contributed by atoms with Crippen LogP contribution in [-0.2, 0) is 0 Å². The summed E-state index contributed by atoms with van der Waals surface area (Å²) in [5, 5.41) is 0. The van der Waals surface area contributed by atoms with Crippen molar-refractivity contribution in [3.05, 3.63) is 54.5 Å². The smallest absolute Gasteiger partial charge is 0.182 e. The second-order valence-electron chi connectivity index (χ2n) is 4.50. The minimum Gasteiger partial charge on any atom is -0.330 e. The number of nitrogens with zero attached hydrogens (tertiary/aromatic N) is 1. The Morgan fingerprint density at radius 2 is 2.05 bits per heavy atom. The highest BCUT2D eigenvalue weighted by Gasteiger charge is 2.12. The molecule has 1 aromatic heterocycles. The molecule has 0 bridgehead atoms. The molecule has 0 amide bonds. The number of benzene rings is 2. The first-order valence-corrected chi connectivity index (χ1v) is 8.11. The van der Waals surface area contributed by atoms with Gasteiger partial charge in [0.15, 0.2) is 4.77 Å². The fourth-order valence-corrected chi connectivity index (χ4v) is 3.33. The van der Waals surface area contributed by atoms with Gasteiger partial charge in [0.2, 0.25) is 0 Å². The van der Waals surface area contributed by atoms with E-state index in [1.807, 2.05) is 52.3 Å². The van der Waals surface area contributed by atoms with Gasteiger partial charge in [-0.3, -0.25) is 4.57 Å². The highest BCUT2D eigenvalue weighted by molar-refractivity contribution is 14.1. The molecule has 1 N–H and O–H groups in total. The van der Waals surface area contributed by atoms with Gasteiger partial charge in [-0.1, -0.05) is 6.07 Å². The van der Waals surface area contributed by atoms with Gasteiger partial charge in [0.1, 0.15) is 5.82 Å². The molecule has 102 valence electrons. The number of aryl methyl sites for hydroxylation is 1. The molecule has 0 saturated heterocycles. The van der Waals surface area contributed by atoms with Crippen molar-refractivity contribution in [2.24, 2.45) is 0 Å². The molecule has 0 unspecified atom stereocenters. The monoisotopic (exact) mass is 462 g/mol. The molecule has 0 fully saturated rings. The third-order valence-electron chi connectivity index (χ3n) is 3.07. The molecule has 0 radical (unpaired) electrons. The Hall–Kier alpha value is -0.730. The van der Waals surface area contributed by atoms with Gasteiger partial charge in [-0.15, -0.1) is 0 Å². The van der Waals surface area contributed by atoms with Gasteiger partial charge in [0, 0.05) is 10.5 Å². The highest BCUT2D eigenvalue weighted by atomic mass is 127. The summed E-state index contributed by atoms with van der Waals surface area (Å²) in [5.41, 5.74) is 3.58. The molecule has 2 nitrogen and oxygen atoms in total. The van der Waals surface area contributed by atoms with E-state index in [-0.39, 0.29) is 5.82 Å². The molecule has 2 aromatic carbocycles. The largest absolute Gasteiger partial charge is 0.330 e. The zero-order chi connectivity index (χ0) is 14.4. The topological polar surface area (TPSA) is 20.7 Å². The van der Waals surface area contributed by atoms with Crippen molar-refractivity contribution in [2.75, 3.05) is 0 Å². The summed E-state index contributed by atoms with van der Waals surface area (Å²) >= 11 is 10.9. The molecule has 1 heterocycles. The van der Waals surface area contributed by atoms with Gasteiger partial charge in [-0.2, -0.15) is 0 Å². The maximum absolute atomic E-state index is 13.9.